The molecule has 0 atom stereocenters. The Balaban J connectivity index is 2.51. The van der Waals surface area contributed by atoms with Crippen LogP contribution in [0.5, 0.6) is 0 Å². The summed E-state index contributed by atoms with van der Waals surface area (Å²) in [5.74, 6) is 0.705. The van der Waals surface area contributed by atoms with E-state index in [4.69, 9.17) is 5.73 Å². The molecule has 0 aliphatic rings. The predicted octanol–water partition coefficient (Wildman–Crippen LogP) is 2.03. The first-order chi connectivity index (χ1) is 8.49. The molecule has 0 unspecified atom stereocenters. The molecule has 0 aliphatic heterocycles. The lowest BCUT2D eigenvalue weighted by molar-refractivity contribution is 0.446. The molecule has 0 heterocycles. The Labute approximate surface area is 114 Å². The monoisotopic (exact) mass is 288 g/mol. The first kappa shape index (κ1) is 15.3. The molecule has 2 N–H and O–H groups in total. The van der Waals surface area contributed by atoms with Crippen molar-refractivity contribution in [1.29, 1.82) is 0 Å². The predicted molar refractivity (Wildman–Crippen MR) is 78.3 cm³/mol. The highest BCUT2D eigenvalue weighted by molar-refractivity contribution is 8.00. The fourth-order valence-corrected chi connectivity index (χ4v) is 4.47. The molecule has 6 heteroatoms. The number of nitrogens with zero attached hydrogens (tertiary/aromatic N) is 1. The van der Waals surface area contributed by atoms with Gasteiger partial charge in [-0.05, 0) is 18.2 Å². The third-order valence-electron chi connectivity index (χ3n) is 2.57. The summed E-state index contributed by atoms with van der Waals surface area (Å²) in [6, 6.07) is 7.48. The lowest BCUT2D eigenvalue weighted by Crippen LogP contribution is -2.33. The van der Waals surface area contributed by atoms with E-state index in [9.17, 15) is 8.42 Å². The number of nitrogens with two attached hydrogens (primary N) is 1. The first-order valence-electron chi connectivity index (χ1n) is 5.95. The van der Waals surface area contributed by atoms with Gasteiger partial charge in [0.05, 0.1) is 5.75 Å². The zero-order chi connectivity index (χ0) is 13.6. The van der Waals surface area contributed by atoms with Gasteiger partial charge in [0.2, 0.25) is 10.0 Å². The van der Waals surface area contributed by atoms with Crippen molar-refractivity contribution in [2.24, 2.45) is 0 Å². The van der Waals surface area contributed by atoms with Crippen molar-refractivity contribution in [2.75, 3.05) is 30.3 Å². The number of benzene rings is 1. The number of rotatable bonds is 7. The van der Waals surface area contributed by atoms with Gasteiger partial charge in [0.1, 0.15) is 0 Å². The highest BCUT2D eigenvalue weighted by Gasteiger charge is 2.17. The molecule has 0 bridgehead atoms. The normalized spacial score (nSPS) is 11.9. The molecule has 1 aromatic carbocycles. The van der Waals surface area contributed by atoms with Crippen LogP contribution in [0.3, 0.4) is 0 Å². The van der Waals surface area contributed by atoms with Crippen LogP contribution in [0.25, 0.3) is 0 Å². The highest BCUT2D eigenvalue weighted by atomic mass is 32.2. The molecule has 4 nitrogen and oxygen atoms in total. The van der Waals surface area contributed by atoms with E-state index in [1.807, 2.05) is 38.1 Å². The molecule has 18 heavy (non-hydrogen) atoms. The second-order valence-corrected chi connectivity index (χ2v) is 7.08. The van der Waals surface area contributed by atoms with Crippen LogP contribution in [0.1, 0.15) is 13.8 Å². The van der Waals surface area contributed by atoms with Crippen molar-refractivity contribution in [3.05, 3.63) is 24.3 Å². The van der Waals surface area contributed by atoms with Gasteiger partial charge >= 0.3 is 0 Å². The minimum atomic E-state index is -3.12. The van der Waals surface area contributed by atoms with Crippen molar-refractivity contribution in [3.63, 3.8) is 0 Å². The first-order valence-corrected chi connectivity index (χ1v) is 8.55. The molecule has 0 aromatic heterocycles. The van der Waals surface area contributed by atoms with Gasteiger partial charge in [0.15, 0.2) is 0 Å². The summed E-state index contributed by atoms with van der Waals surface area (Å²) in [6.07, 6.45) is 0. The Morgan fingerprint density at radius 2 is 1.94 bits per heavy atom. The van der Waals surface area contributed by atoms with E-state index in [2.05, 4.69) is 0 Å². The maximum absolute atomic E-state index is 11.9. The van der Waals surface area contributed by atoms with Crippen LogP contribution >= 0.6 is 11.8 Å². The number of nitrogen functional groups attached to an aromatic ring is 1. The molecular formula is C12H20N2O2S2. The van der Waals surface area contributed by atoms with Crippen LogP contribution in [0, 0.1) is 0 Å². The number of hydrogen-bond donors (Lipinski definition) is 1. The summed E-state index contributed by atoms with van der Waals surface area (Å²) in [5.41, 5.74) is 6.37. The summed E-state index contributed by atoms with van der Waals surface area (Å²) in [6.45, 7) is 4.77. The van der Waals surface area contributed by atoms with Crippen LogP contribution in [0.2, 0.25) is 0 Å². The van der Waals surface area contributed by atoms with E-state index >= 15 is 0 Å². The topological polar surface area (TPSA) is 63.4 Å². The van der Waals surface area contributed by atoms with Crippen LogP contribution in [0.4, 0.5) is 5.69 Å². The fourth-order valence-electron chi connectivity index (χ4n) is 1.62. The Hall–Kier alpha value is -0.720. The second kappa shape index (κ2) is 7.01. The van der Waals surface area contributed by atoms with E-state index < -0.39 is 10.0 Å². The molecule has 0 fully saturated rings. The number of anilines is 1. The van der Waals surface area contributed by atoms with Gasteiger partial charge in [0, 0.05) is 29.4 Å². The van der Waals surface area contributed by atoms with Gasteiger partial charge < -0.3 is 5.73 Å². The molecule has 0 saturated heterocycles. The third kappa shape index (κ3) is 4.51. The van der Waals surface area contributed by atoms with E-state index in [-0.39, 0.29) is 5.75 Å². The number of thioether (sulfide) groups is 1. The Bertz CT molecular complexity index is 471. The van der Waals surface area contributed by atoms with Crippen molar-refractivity contribution < 1.29 is 8.42 Å². The van der Waals surface area contributed by atoms with Gasteiger partial charge in [-0.25, -0.2) is 12.7 Å². The van der Waals surface area contributed by atoms with E-state index in [0.717, 1.165) is 4.90 Å². The SMILES string of the molecule is CCN(CC)S(=O)(=O)CCSc1cccc(N)c1. The van der Waals surface area contributed by atoms with Crippen molar-refractivity contribution in [3.8, 4) is 0 Å². The third-order valence-corrected chi connectivity index (χ3v) is 5.84. The smallest absolute Gasteiger partial charge is 0.214 e. The molecule has 102 valence electrons. The summed E-state index contributed by atoms with van der Waals surface area (Å²) in [7, 11) is -3.12. The van der Waals surface area contributed by atoms with Crippen LogP contribution < -0.4 is 5.73 Å². The summed E-state index contributed by atoms with van der Waals surface area (Å²) >= 11 is 1.51. The van der Waals surface area contributed by atoms with Crippen LogP contribution in [-0.2, 0) is 10.0 Å². The minimum absolute atomic E-state index is 0.161. The largest absolute Gasteiger partial charge is 0.399 e. The number of hydrogen-bond acceptors (Lipinski definition) is 4. The molecule has 0 spiro atoms. The van der Waals surface area contributed by atoms with Crippen molar-refractivity contribution >= 4 is 27.5 Å². The van der Waals surface area contributed by atoms with Crippen LogP contribution in [-0.4, -0.2) is 37.3 Å². The van der Waals surface area contributed by atoms with E-state index in [1.54, 1.807) is 0 Å². The average Bonchev–Trinajstić information content (AvgIpc) is 2.30. The average molecular weight is 288 g/mol. The van der Waals surface area contributed by atoms with Gasteiger partial charge in [-0.15, -0.1) is 11.8 Å². The van der Waals surface area contributed by atoms with E-state index in [1.165, 1.54) is 16.1 Å². The van der Waals surface area contributed by atoms with E-state index in [0.29, 0.717) is 24.5 Å². The molecule has 0 radical (unpaired) electrons. The lowest BCUT2D eigenvalue weighted by atomic mass is 10.3. The molecule has 1 aromatic rings. The lowest BCUT2D eigenvalue weighted by Gasteiger charge is -2.18. The van der Waals surface area contributed by atoms with Crippen molar-refractivity contribution in [2.45, 2.75) is 18.7 Å². The fraction of sp³-hybridized carbons (Fsp3) is 0.500. The summed E-state index contributed by atoms with van der Waals surface area (Å²) in [5, 5.41) is 0. The zero-order valence-electron chi connectivity index (χ0n) is 10.8. The summed E-state index contributed by atoms with van der Waals surface area (Å²) < 4.78 is 25.4. The van der Waals surface area contributed by atoms with Gasteiger partial charge in [-0.2, -0.15) is 0 Å². The molecular weight excluding hydrogens is 268 g/mol. The van der Waals surface area contributed by atoms with Crippen LogP contribution in [0.15, 0.2) is 29.2 Å². The Morgan fingerprint density at radius 3 is 2.50 bits per heavy atom. The van der Waals surface area contributed by atoms with Gasteiger partial charge in [-0.3, -0.25) is 0 Å². The quantitative estimate of drug-likeness (QED) is 0.616. The van der Waals surface area contributed by atoms with Gasteiger partial charge in [-0.1, -0.05) is 19.9 Å². The summed E-state index contributed by atoms with van der Waals surface area (Å²) in [4.78, 5) is 1.00. The Kier molecular flexibility index (Phi) is 5.98. The highest BCUT2D eigenvalue weighted by Crippen LogP contribution is 2.20. The second-order valence-electron chi connectivity index (χ2n) is 3.82. The number of sulfonamides is 1. The molecule has 0 aliphatic carbocycles. The maximum atomic E-state index is 11.9. The molecule has 1 rings (SSSR count). The zero-order valence-corrected chi connectivity index (χ0v) is 12.4. The molecule has 0 saturated carbocycles. The minimum Gasteiger partial charge on any atom is -0.399 e. The van der Waals surface area contributed by atoms with Crippen molar-refractivity contribution in [1.82, 2.24) is 4.31 Å². The Morgan fingerprint density at radius 1 is 1.28 bits per heavy atom. The molecule has 0 amide bonds. The van der Waals surface area contributed by atoms with Gasteiger partial charge in [0.25, 0.3) is 0 Å². The standard InChI is InChI=1S/C12H20N2O2S2/c1-3-14(4-2)18(15,16)9-8-17-12-7-5-6-11(13)10-12/h5-7,10H,3-4,8-9,13H2,1-2H3. The maximum Gasteiger partial charge on any atom is 0.214 e.